The molecule has 2 heterocycles. The number of nitrogens with one attached hydrogen (secondary N) is 1. The van der Waals surface area contributed by atoms with Crippen molar-refractivity contribution in [1.82, 2.24) is 15.2 Å². The smallest absolute Gasteiger partial charge is 0.303 e. The summed E-state index contributed by atoms with van der Waals surface area (Å²) in [5.74, 6) is 0.510. The van der Waals surface area contributed by atoms with Crippen molar-refractivity contribution in [1.29, 1.82) is 0 Å². The number of imide groups is 1. The summed E-state index contributed by atoms with van der Waals surface area (Å²) in [6, 6.07) is -0.266. The van der Waals surface area contributed by atoms with Gasteiger partial charge in [-0.15, -0.1) is 11.3 Å². The molecule has 1 saturated heterocycles. The van der Waals surface area contributed by atoms with Crippen molar-refractivity contribution in [2.24, 2.45) is 5.92 Å². The third kappa shape index (κ3) is 2.12. The first kappa shape index (κ1) is 13.5. The largest absolute Gasteiger partial charge is 0.325 e. The summed E-state index contributed by atoms with van der Waals surface area (Å²) in [6.07, 6.45) is 3.51. The lowest BCUT2D eigenvalue weighted by Gasteiger charge is -2.39. The number of amides is 3. The van der Waals surface area contributed by atoms with Crippen molar-refractivity contribution in [2.75, 3.05) is 0 Å². The molecule has 0 bridgehead atoms. The first-order valence-electron chi connectivity index (χ1n) is 7.05. The zero-order chi connectivity index (χ0) is 14.3. The van der Waals surface area contributed by atoms with Gasteiger partial charge in [0, 0.05) is 11.1 Å². The first-order chi connectivity index (χ1) is 9.51. The molecule has 1 aromatic heterocycles. The van der Waals surface area contributed by atoms with E-state index in [1.807, 2.05) is 12.3 Å². The molecule has 0 atom stereocenters. The van der Waals surface area contributed by atoms with Gasteiger partial charge >= 0.3 is 6.03 Å². The first-order valence-corrected chi connectivity index (χ1v) is 7.93. The predicted molar refractivity (Wildman–Crippen MR) is 76.3 cm³/mol. The molecule has 5 nitrogen and oxygen atoms in total. The summed E-state index contributed by atoms with van der Waals surface area (Å²) in [4.78, 5) is 30.5. The SMILES string of the molecule is Cc1csc(CN2C(=O)NC(=O)C23CCC(C)CC3)n1. The lowest BCUT2D eigenvalue weighted by Crippen LogP contribution is -2.51. The van der Waals surface area contributed by atoms with Crippen molar-refractivity contribution in [3.05, 3.63) is 16.1 Å². The number of carbonyl (C=O) groups excluding carboxylic acids is 2. The van der Waals surface area contributed by atoms with E-state index in [1.165, 1.54) is 0 Å². The van der Waals surface area contributed by atoms with Crippen LogP contribution in [0.15, 0.2) is 5.38 Å². The van der Waals surface area contributed by atoms with Gasteiger partial charge < -0.3 is 4.90 Å². The Morgan fingerprint density at radius 1 is 1.45 bits per heavy atom. The normalized spacial score (nSPS) is 30.1. The van der Waals surface area contributed by atoms with Gasteiger partial charge in [0.1, 0.15) is 10.5 Å². The van der Waals surface area contributed by atoms with Crippen molar-refractivity contribution in [3.8, 4) is 0 Å². The number of thiazole rings is 1. The van der Waals surface area contributed by atoms with Gasteiger partial charge in [0.2, 0.25) is 0 Å². The van der Waals surface area contributed by atoms with Crippen LogP contribution >= 0.6 is 11.3 Å². The van der Waals surface area contributed by atoms with Crippen LogP contribution in [0.4, 0.5) is 4.79 Å². The third-order valence-corrected chi connectivity index (χ3v) is 5.42. The second-order valence-corrected chi connectivity index (χ2v) is 6.88. The van der Waals surface area contributed by atoms with Gasteiger partial charge in [0.25, 0.3) is 5.91 Å². The highest BCUT2D eigenvalue weighted by Crippen LogP contribution is 2.40. The fraction of sp³-hybridized carbons (Fsp3) is 0.643. The van der Waals surface area contributed by atoms with Gasteiger partial charge in [-0.05, 0) is 38.5 Å². The average molecular weight is 293 g/mol. The highest BCUT2D eigenvalue weighted by molar-refractivity contribution is 7.09. The van der Waals surface area contributed by atoms with Crippen LogP contribution in [0, 0.1) is 12.8 Å². The zero-order valence-corrected chi connectivity index (χ0v) is 12.6. The Hall–Kier alpha value is -1.43. The summed E-state index contributed by atoms with van der Waals surface area (Å²) >= 11 is 1.54. The molecule has 0 radical (unpaired) electrons. The maximum atomic E-state index is 12.3. The highest BCUT2D eigenvalue weighted by atomic mass is 32.1. The molecule has 6 heteroatoms. The van der Waals surface area contributed by atoms with Crippen molar-refractivity contribution < 1.29 is 9.59 Å². The van der Waals surface area contributed by atoms with E-state index in [-0.39, 0.29) is 11.9 Å². The molecule has 2 aliphatic rings. The van der Waals surface area contributed by atoms with E-state index < -0.39 is 5.54 Å². The molecular weight excluding hydrogens is 274 g/mol. The van der Waals surface area contributed by atoms with E-state index in [1.54, 1.807) is 16.2 Å². The molecule has 1 aliphatic carbocycles. The zero-order valence-electron chi connectivity index (χ0n) is 11.8. The maximum Gasteiger partial charge on any atom is 0.325 e. The number of urea groups is 1. The van der Waals surface area contributed by atoms with E-state index in [2.05, 4.69) is 17.2 Å². The van der Waals surface area contributed by atoms with E-state index in [4.69, 9.17) is 0 Å². The number of rotatable bonds is 2. The summed E-state index contributed by atoms with van der Waals surface area (Å²) < 4.78 is 0. The minimum Gasteiger partial charge on any atom is -0.303 e. The number of nitrogens with zero attached hydrogens (tertiary/aromatic N) is 2. The summed E-state index contributed by atoms with van der Waals surface area (Å²) in [5, 5.41) is 5.36. The fourth-order valence-electron chi connectivity index (χ4n) is 3.17. The monoisotopic (exact) mass is 293 g/mol. The minimum atomic E-state index is -0.636. The molecule has 1 aliphatic heterocycles. The van der Waals surface area contributed by atoms with Gasteiger partial charge in [-0.25, -0.2) is 9.78 Å². The molecule has 108 valence electrons. The summed E-state index contributed by atoms with van der Waals surface area (Å²) in [7, 11) is 0. The molecule has 0 unspecified atom stereocenters. The van der Waals surface area contributed by atoms with Crippen molar-refractivity contribution >= 4 is 23.3 Å². The topological polar surface area (TPSA) is 62.3 Å². The van der Waals surface area contributed by atoms with Crippen LogP contribution in [-0.2, 0) is 11.3 Å². The summed E-state index contributed by atoms with van der Waals surface area (Å²) in [6.45, 7) is 4.58. The Balaban J connectivity index is 1.86. The molecule has 1 spiro atoms. The minimum absolute atomic E-state index is 0.123. The molecule has 1 N–H and O–H groups in total. The van der Waals surface area contributed by atoms with Gasteiger partial charge in [0.05, 0.1) is 6.54 Å². The Morgan fingerprint density at radius 2 is 2.15 bits per heavy atom. The van der Waals surface area contributed by atoms with E-state index in [0.717, 1.165) is 36.4 Å². The van der Waals surface area contributed by atoms with E-state index in [9.17, 15) is 9.59 Å². The fourth-order valence-corrected chi connectivity index (χ4v) is 3.93. The Morgan fingerprint density at radius 3 is 2.75 bits per heavy atom. The predicted octanol–water partition coefficient (Wildman–Crippen LogP) is 2.45. The molecule has 3 rings (SSSR count). The van der Waals surface area contributed by atoms with Gasteiger partial charge in [-0.2, -0.15) is 0 Å². The molecule has 2 fully saturated rings. The lowest BCUT2D eigenvalue weighted by molar-refractivity contribution is -0.128. The van der Waals surface area contributed by atoms with Gasteiger partial charge in [0.15, 0.2) is 0 Å². The van der Waals surface area contributed by atoms with E-state index in [0.29, 0.717) is 12.5 Å². The van der Waals surface area contributed by atoms with Crippen LogP contribution in [0.3, 0.4) is 0 Å². The number of hydrogen-bond acceptors (Lipinski definition) is 4. The standard InChI is InChI=1S/C14H19N3O2S/c1-9-3-5-14(6-4-9)12(18)16-13(19)17(14)7-11-15-10(2)8-20-11/h8-9H,3-7H2,1-2H3,(H,16,18,19). The molecular formula is C14H19N3O2S. The quantitative estimate of drug-likeness (QED) is 0.852. The Kier molecular flexibility index (Phi) is 3.28. The van der Waals surface area contributed by atoms with Crippen molar-refractivity contribution in [3.63, 3.8) is 0 Å². The number of aromatic nitrogens is 1. The summed E-state index contributed by atoms with van der Waals surface area (Å²) in [5.41, 5.74) is 0.325. The molecule has 1 aromatic rings. The van der Waals surface area contributed by atoms with Crippen LogP contribution in [-0.4, -0.2) is 27.4 Å². The van der Waals surface area contributed by atoms with Crippen LogP contribution < -0.4 is 5.32 Å². The Bertz CT molecular complexity index is 546. The number of hydrogen-bond donors (Lipinski definition) is 1. The van der Waals surface area contributed by atoms with Crippen LogP contribution in [0.1, 0.15) is 43.3 Å². The second kappa shape index (κ2) is 4.84. The molecule has 20 heavy (non-hydrogen) atoms. The van der Waals surface area contributed by atoms with Crippen LogP contribution in [0.2, 0.25) is 0 Å². The van der Waals surface area contributed by atoms with Crippen molar-refractivity contribution in [2.45, 2.75) is 51.6 Å². The second-order valence-electron chi connectivity index (χ2n) is 5.94. The Labute approximate surface area is 122 Å². The van der Waals surface area contributed by atoms with Gasteiger partial charge in [-0.3, -0.25) is 10.1 Å². The maximum absolute atomic E-state index is 12.3. The number of aryl methyl sites for hydroxylation is 1. The molecule has 3 amide bonds. The van der Waals surface area contributed by atoms with Crippen LogP contribution in [0.25, 0.3) is 0 Å². The van der Waals surface area contributed by atoms with E-state index >= 15 is 0 Å². The number of carbonyl (C=O) groups is 2. The van der Waals surface area contributed by atoms with Gasteiger partial charge in [-0.1, -0.05) is 6.92 Å². The molecule has 0 aromatic carbocycles. The van der Waals surface area contributed by atoms with Crippen LogP contribution in [0.5, 0.6) is 0 Å². The highest BCUT2D eigenvalue weighted by Gasteiger charge is 2.53. The average Bonchev–Trinajstić information content (AvgIpc) is 2.91. The molecule has 1 saturated carbocycles. The lowest BCUT2D eigenvalue weighted by atomic mass is 9.76. The third-order valence-electron chi connectivity index (χ3n) is 4.47.